The fraction of sp³-hybridized carbons (Fsp3) is 0.929. The number of rotatable bonds is 2. The van der Waals surface area contributed by atoms with E-state index in [1.807, 2.05) is 25.7 Å². The van der Waals surface area contributed by atoms with Gasteiger partial charge in [0.15, 0.2) is 0 Å². The van der Waals surface area contributed by atoms with E-state index in [9.17, 15) is 4.79 Å². The first-order chi connectivity index (χ1) is 8.24. The van der Waals surface area contributed by atoms with Gasteiger partial charge in [0.2, 0.25) is 0 Å². The van der Waals surface area contributed by atoms with E-state index in [-0.39, 0.29) is 24.8 Å². The van der Waals surface area contributed by atoms with Gasteiger partial charge >= 0.3 is 6.09 Å². The second-order valence-corrected chi connectivity index (χ2v) is 6.44. The first-order valence-electron chi connectivity index (χ1n) is 6.86. The number of carbonyl (C=O) groups excluding carboxylic acids is 1. The normalized spacial score (nSPS) is 29.2. The third-order valence-corrected chi connectivity index (χ3v) is 3.44. The Labute approximate surface area is 110 Å². The monoisotopic (exact) mass is 257 g/mol. The topological polar surface area (TPSA) is 49.8 Å². The molecule has 0 spiro atoms. The van der Waals surface area contributed by atoms with Gasteiger partial charge in [-0.15, -0.1) is 0 Å². The molecule has 0 saturated carbocycles. The second kappa shape index (κ2) is 5.91. The number of hydrogen-bond acceptors (Lipinski definition) is 3. The summed E-state index contributed by atoms with van der Waals surface area (Å²) in [5, 5.41) is 9.01. The number of carbonyl (C=O) groups is 1. The number of nitrogens with zero attached hydrogens (tertiary/aromatic N) is 1. The average molecular weight is 257 g/mol. The summed E-state index contributed by atoms with van der Waals surface area (Å²) in [5.41, 5.74) is -0.446. The van der Waals surface area contributed by atoms with Crippen LogP contribution < -0.4 is 0 Å². The van der Waals surface area contributed by atoms with Crippen LogP contribution in [-0.4, -0.2) is 40.4 Å². The molecule has 3 atom stereocenters. The largest absolute Gasteiger partial charge is 0.444 e. The standard InChI is InChI=1S/C14H27NO3/c1-10-8-12(6-7-16)9-11(2)15(10)13(17)18-14(3,4)5/h10-12,16H,6-9H2,1-5H3/t10-,11?,12?/m1/s1. The zero-order valence-corrected chi connectivity index (χ0v) is 12.3. The van der Waals surface area contributed by atoms with Crippen molar-refractivity contribution in [2.24, 2.45) is 5.92 Å². The van der Waals surface area contributed by atoms with Crippen molar-refractivity contribution in [3.63, 3.8) is 0 Å². The molecule has 1 N–H and O–H groups in total. The zero-order valence-electron chi connectivity index (χ0n) is 12.3. The van der Waals surface area contributed by atoms with Crippen molar-refractivity contribution in [2.45, 2.75) is 71.6 Å². The molecule has 1 aliphatic rings. The summed E-state index contributed by atoms with van der Waals surface area (Å²) in [5.74, 6) is 0.513. The highest BCUT2D eigenvalue weighted by molar-refractivity contribution is 5.69. The van der Waals surface area contributed by atoms with Crippen LogP contribution in [0.4, 0.5) is 4.79 Å². The summed E-state index contributed by atoms with van der Waals surface area (Å²) >= 11 is 0. The number of aliphatic hydroxyl groups excluding tert-OH is 1. The van der Waals surface area contributed by atoms with Crippen molar-refractivity contribution >= 4 is 6.09 Å². The maximum atomic E-state index is 12.2. The average Bonchev–Trinajstić information content (AvgIpc) is 2.13. The van der Waals surface area contributed by atoms with Crippen LogP contribution in [0, 0.1) is 5.92 Å². The van der Waals surface area contributed by atoms with E-state index in [0.717, 1.165) is 19.3 Å². The number of hydrogen-bond donors (Lipinski definition) is 1. The van der Waals surface area contributed by atoms with E-state index in [2.05, 4.69) is 13.8 Å². The van der Waals surface area contributed by atoms with Crippen LogP contribution in [0.15, 0.2) is 0 Å². The van der Waals surface area contributed by atoms with E-state index in [4.69, 9.17) is 9.84 Å². The molecule has 1 heterocycles. The van der Waals surface area contributed by atoms with Crippen molar-refractivity contribution in [2.75, 3.05) is 6.61 Å². The number of likely N-dealkylation sites (tertiary alicyclic amines) is 1. The van der Waals surface area contributed by atoms with Crippen LogP contribution in [0.2, 0.25) is 0 Å². The molecule has 18 heavy (non-hydrogen) atoms. The van der Waals surface area contributed by atoms with Crippen molar-refractivity contribution in [3.05, 3.63) is 0 Å². The molecule has 106 valence electrons. The van der Waals surface area contributed by atoms with Gasteiger partial charge in [0.1, 0.15) is 5.60 Å². The van der Waals surface area contributed by atoms with Gasteiger partial charge in [0.25, 0.3) is 0 Å². The smallest absolute Gasteiger partial charge is 0.410 e. The lowest BCUT2D eigenvalue weighted by Crippen LogP contribution is -2.51. The quantitative estimate of drug-likeness (QED) is 0.827. The molecule has 4 nitrogen and oxygen atoms in total. The molecular weight excluding hydrogens is 230 g/mol. The second-order valence-electron chi connectivity index (χ2n) is 6.44. The Kier molecular flexibility index (Phi) is 5.02. The van der Waals surface area contributed by atoms with Crippen LogP contribution in [0.1, 0.15) is 53.9 Å². The molecule has 0 aromatic carbocycles. The number of amides is 1. The summed E-state index contributed by atoms with van der Waals surface area (Å²) in [4.78, 5) is 14.0. The lowest BCUT2D eigenvalue weighted by molar-refractivity contribution is -0.00876. The van der Waals surface area contributed by atoms with Gasteiger partial charge in [-0.2, -0.15) is 0 Å². The van der Waals surface area contributed by atoms with E-state index in [0.29, 0.717) is 5.92 Å². The Bertz CT molecular complexity index is 273. The van der Waals surface area contributed by atoms with Crippen LogP contribution in [0.25, 0.3) is 0 Å². The van der Waals surface area contributed by atoms with Crippen molar-refractivity contribution in [1.29, 1.82) is 0 Å². The fourth-order valence-corrected chi connectivity index (χ4v) is 2.82. The van der Waals surface area contributed by atoms with Gasteiger partial charge in [-0.05, 0) is 59.8 Å². The van der Waals surface area contributed by atoms with E-state index < -0.39 is 5.60 Å². The Morgan fingerprint density at radius 2 is 1.78 bits per heavy atom. The SMILES string of the molecule is CC1CC(CCO)C[C@@H](C)N1C(=O)OC(C)(C)C. The predicted molar refractivity (Wildman–Crippen MR) is 71.4 cm³/mol. The first-order valence-corrected chi connectivity index (χ1v) is 6.86. The van der Waals surface area contributed by atoms with Crippen LogP contribution in [0.3, 0.4) is 0 Å². The number of ether oxygens (including phenoxy) is 1. The fourth-order valence-electron chi connectivity index (χ4n) is 2.82. The summed E-state index contributed by atoms with van der Waals surface area (Å²) in [6.45, 7) is 10.0. The van der Waals surface area contributed by atoms with Gasteiger partial charge in [0.05, 0.1) is 0 Å². The Hall–Kier alpha value is -0.770. The van der Waals surface area contributed by atoms with Gasteiger partial charge in [0, 0.05) is 18.7 Å². The molecule has 0 radical (unpaired) electrons. The molecule has 2 unspecified atom stereocenters. The van der Waals surface area contributed by atoms with Gasteiger partial charge in [-0.1, -0.05) is 0 Å². The Morgan fingerprint density at radius 3 is 2.17 bits per heavy atom. The molecule has 1 aliphatic heterocycles. The highest BCUT2D eigenvalue weighted by Gasteiger charge is 2.35. The molecule has 4 heteroatoms. The molecule has 1 saturated heterocycles. The molecule has 0 bridgehead atoms. The highest BCUT2D eigenvalue weighted by atomic mass is 16.6. The van der Waals surface area contributed by atoms with Gasteiger partial charge in [-0.25, -0.2) is 4.79 Å². The molecule has 1 amide bonds. The van der Waals surface area contributed by atoms with Gasteiger partial charge < -0.3 is 14.7 Å². The third-order valence-electron chi connectivity index (χ3n) is 3.44. The first kappa shape index (κ1) is 15.3. The molecule has 1 rings (SSSR count). The predicted octanol–water partition coefficient (Wildman–Crippen LogP) is 2.79. The van der Waals surface area contributed by atoms with Crippen molar-refractivity contribution in [3.8, 4) is 0 Å². The summed E-state index contributed by atoms with van der Waals surface area (Å²) in [6, 6.07) is 0.361. The summed E-state index contributed by atoms with van der Waals surface area (Å²) < 4.78 is 5.45. The van der Waals surface area contributed by atoms with Crippen molar-refractivity contribution in [1.82, 2.24) is 4.90 Å². The molecule has 0 aromatic rings. The Morgan fingerprint density at radius 1 is 1.28 bits per heavy atom. The maximum Gasteiger partial charge on any atom is 0.410 e. The minimum atomic E-state index is -0.446. The summed E-state index contributed by atoms with van der Waals surface area (Å²) in [7, 11) is 0. The summed E-state index contributed by atoms with van der Waals surface area (Å²) in [6.07, 6.45) is 2.51. The number of piperidine rings is 1. The maximum absolute atomic E-state index is 12.2. The van der Waals surface area contributed by atoms with Crippen molar-refractivity contribution < 1.29 is 14.6 Å². The molecule has 0 aliphatic carbocycles. The lowest BCUT2D eigenvalue weighted by atomic mass is 9.85. The van der Waals surface area contributed by atoms with Gasteiger partial charge in [-0.3, -0.25) is 0 Å². The van der Waals surface area contributed by atoms with Crippen LogP contribution in [-0.2, 0) is 4.74 Å². The highest BCUT2D eigenvalue weighted by Crippen LogP contribution is 2.30. The number of aliphatic hydroxyl groups is 1. The molecule has 1 fully saturated rings. The minimum absolute atomic E-state index is 0.181. The lowest BCUT2D eigenvalue weighted by Gasteiger charge is -2.42. The van der Waals surface area contributed by atoms with Crippen LogP contribution in [0.5, 0.6) is 0 Å². The van der Waals surface area contributed by atoms with E-state index in [1.54, 1.807) is 0 Å². The zero-order chi connectivity index (χ0) is 13.9. The Balaban J connectivity index is 2.64. The van der Waals surface area contributed by atoms with E-state index in [1.165, 1.54) is 0 Å². The van der Waals surface area contributed by atoms with E-state index >= 15 is 0 Å². The molecule has 0 aromatic heterocycles. The third kappa shape index (κ3) is 4.16. The molecular formula is C14H27NO3. The minimum Gasteiger partial charge on any atom is -0.444 e. The van der Waals surface area contributed by atoms with Crippen LogP contribution >= 0.6 is 0 Å².